The molecule has 0 amide bonds. The van der Waals surface area contributed by atoms with Crippen LogP contribution >= 0.6 is 0 Å². The molecule has 0 aliphatic carbocycles. The number of aliphatic carboxylic acids is 3. The Morgan fingerprint density at radius 1 is 1.00 bits per heavy atom. The summed E-state index contributed by atoms with van der Waals surface area (Å²) in [6.45, 7) is 4.62. The SMILES string of the molecule is CC(C)C[C@H](CN)CC(=O)O.O=C(O)CC(O)C(=O)O. The van der Waals surface area contributed by atoms with Crippen molar-refractivity contribution in [2.45, 2.75) is 39.2 Å². The van der Waals surface area contributed by atoms with Gasteiger partial charge >= 0.3 is 17.9 Å². The van der Waals surface area contributed by atoms with Gasteiger partial charge in [0, 0.05) is 6.42 Å². The van der Waals surface area contributed by atoms with Crippen LogP contribution in [0.2, 0.25) is 0 Å². The van der Waals surface area contributed by atoms with Crippen LogP contribution in [-0.4, -0.2) is 51.0 Å². The molecule has 1 unspecified atom stereocenters. The summed E-state index contributed by atoms with van der Waals surface area (Å²) >= 11 is 0. The van der Waals surface area contributed by atoms with Crippen LogP contribution in [-0.2, 0) is 14.4 Å². The van der Waals surface area contributed by atoms with Crippen molar-refractivity contribution in [3.63, 3.8) is 0 Å². The van der Waals surface area contributed by atoms with Gasteiger partial charge in [0.2, 0.25) is 0 Å². The van der Waals surface area contributed by atoms with Gasteiger partial charge < -0.3 is 26.2 Å². The van der Waals surface area contributed by atoms with Gasteiger partial charge in [0.25, 0.3) is 0 Å². The number of carboxylic acid groups (broad SMARTS) is 3. The summed E-state index contributed by atoms with van der Waals surface area (Å²) in [6.07, 6.45) is -1.44. The second-order valence-electron chi connectivity index (χ2n) is 4.78. The van der Waals surface area contributed by atoms with Crippen molar-refractivity contribution in [1.29, 1.82) is 0 Å². The molecular formula is C12H23NO7. The van der Waals surface area contributed by atoms with E-state index >= 15 is 0 Å². The van der Waals surface area contributed by atoms with E-state index in [0.29, 0.717) is 12.5 Å². The number of hydrogen-bond acceptors (Lipinski definition) is 5. The topological polar surface area (TPSA) is 158 Å². The Labute approximate surface area is 117 Å². The number of hydrogen-bond donors (Lipinski definition) is 5. The molecule has 0 spiro atoms. The summed E-state index contributed by atoms with van der Waals surface area (Å²) in [5.41, 5.74) is 5.41. The lowest BCUT2D eigenvalue weighted by molar-refractivity contribution is -0.152. The Kier molecular flexibility index (Phi) is 11.5. The Morgan fingerprint density at radius 3 is 1.65 bits per heavy atom. The molecule has 0 aromatic rings. The zero-order valence-corrected chi connectivity index (χ0v) is 11.7. The molecule has 0 heterocycles. The molecule has 8 heteroatoms. The van der Waals surface area contributed by atoms with Gasteiger partial charge in [-0.1, -0.05) is 13.8 Å². The lowest BCUT2D eigenvalue weighted by atomic mass is 9.94. The second-order valence-corrected chi connectivity index (χ2v) is 4.78. The van der Waals surface area contributed by atoms with Crippen LogP contribution in [0.5, 0.6) is 0 Å². The minimum atomic E-state index is -1.79. The highest BCUT2D eigenvalue weighted by molar-refractivity contribution is 5.79. The zero-order chi connectivity index (χ0) is 16.3. The largest absolute Gasteiger partial charge is 0.481 e. The van der Waals surface area contributed by atoms with E-state index in [4.69, 9.17) is 26.2 Å². The first-order valence-electron chi connectivity index (χ1n) is 6.14. The summed E-state index contributed by atoms with van der Waals surface area (Å²) in [5, 5.41) is 32.6. The van der Waals surface area contributed by atoms with Crippen molar-refractivity contribution < 1.29 is 34.8 Å². The van der Waals surface area contributed by atoms with Gasteiger partial charge in [0.1, 0.15) is 0 Å². The highest BCUT2D eigenvalue weighted by Crippen LogP contribution is 2.13. The summed E-state index contributed by atoms with van der Waals surface area (Å²) in [6, 6.07) is 0. The van der Waals surface area contributed by atoms with Gasteiger partial charge in [0.15, 0.2) is 6.10 Å². The first kappa shape index (κ1) is 20.6. The van der Waals surface area contributed by atoms with Gasteiger partial charge in [-0.3, -0.25) is 9.59 Å². The quantitative estimate of drug-likeness (QED) is 0.418. The third kappa shape index (κ3) is 14.4. The molecule has 8 nitrogen and oxygen atoms in total. The van der Waals surface area contributed by atoms with Crippen molar-refractivity contribution in [2.75, 3.05) is 6.54 Å². The number of aliphatic hydroxyl groups is 1. The van der Waals surface area contributed by atoms with E-state index < -0.39 is 30.4 Å². The number of nitrogens with two attached hydrogens (primary N) is 1. The number of rotatable bonds is 8. The lowest BCUT2D eigenvalue weighted by Gasteiger charge is -2.13. The van der Waals surface area contributed by atoms with Crippen molar-refractivity contribution in [2.24, 2.45) is 17.6 Å². The molecule has 118 valence electrons. The fourth-order valence-electron chi connectivity index (χ4n) is 1.43. The highest BCUT2D eigenvalue weighted by atomic mass is 16.4. The molecular weight excluding hydrogens is 270 g/mol. The van der Waals surface area contributed by atoms with Crippen LogP contribution in [0, 0.1) is 11.8 Å². The Morgan fingerprint density at radius 2 is 1.45 bits per heavy atom. The summed E-state index contributed by atoms with van der Waals surface area (Å²) in [7, 11) is 0. The molecule has 0 aliphatic heterocycles. The van der Waals surface area contributed by atoms with Gasteiger partial charge in [-0.25, -0.2) is 4.79 Å². The lowest BCUT2D eigenvalue weighted by Crippen LogP contribution is -2.22. The summed E-state index contributed by atoms with van der Waals surface area (Å²) in [5.74, 6) is -2.92. The zero-order valence-electron chi connectivity index (χ0n) is 11.7. The van der Waals surface area contributed by atoms with Crippen molar-refractivity contribution in [1.82, 2.24) is 0 Å². The average Bonchev–Trinajstić information content (AvgIpc) is 2.26. The van der Waals surface area contributed by atoms with Crippen LogP contribution in [0.4, 0.5) is 0 Å². The maximum Gasteiger partial charge on any atom is 0.333 e. The van der Waals surface area contributed by atoms with Crippen molar-refractivity contribution in [3.05, 3.63) is 0 Å². The van der Waals surface area contributed by atoms with Gasteiger partial charge in [-0.15, -0.1) is 0 Å². The number of carbonyl (C=O) groups is 3. The van der Waals surface area contributed by atoms with Gasteiger partial charge in [-0.05, 0) is 24.8 Å². The van der Waals surface area contributed by atoms with Crippen LogP contribution in [0.3, 0.4) is 0 Å². The standard InChI is InChI=1S/C8H17NO2.C4H6O5/c1-6(2)3-7(5-9)4-8(10)11;5-2(4(8)9)1-3(6)7/h6-7H,3-5,9H2,1-2H3,(H,10,11);2,5H,1H2,(H,6,7)(H,8,9)/t7-;/m0./s1. The third-order valence-corrected chi connectivity index (χ3v) is 2.25. The van der Waals surface area contributed by atoms with Crippen LogP contribution < -0.4 is 5.73 Å². The van der Waals surface area contributed by atoms with Crippen LogP contribution in [0.25, 0.3) is 0 Å². The van der Waals surface area contributed by atoms with Crippen molar-refractivity contribution in [3.8, 4) is 0 Å². The normalized spacial score (nSPS) is 13.1. The molecule has 0 fully saturated rings. The third-order valence-electron chi connectivity index (χ3n) is 2.25. The van der Waals surface area contributed by atoms with E-state index in [-0.39, 0.29) is 12.3 Å². The minimum Gasteiger partial charge on any atom is -0.481 e. The predicted octanol–water partition coefficient (Wildman–Crippen LogP) is -0.0113. The molecule has 0 bridgehead atoms. The highest BCUT2D eigenvalue weighted by Gasteiger charge is 2.16. The van der Waals surface area contributed by atoms with Gasteiger partial charge in [-0.2, -0.15) is 0 Å². The van der Waals surface area contributed by atoms with E-state index in [1.54, 1.807) is 0 Å². The summed E-state index contributed by atoms with van der Waals surface area (Å²) in [4.78, 5) is 29.7. The maximum absolute atomic E-state index is 10.3. The Bertz CT molecular complexity index is 317. The molecule has 0 aromatic heterocycles. The van der Waals surface area contributed by atoms with Crippen molar-refractivity contribution >= 4 is 17.9 Å². The van der Waals surface area contributed by atoms with E-state index in [1.165, 1.54) is 0 Å². The minimum absolute atomic E-state index is 0.146. The second kappa shape index (κ2) is 11.2. The number of carboxylic acids is 3. The van der Waals surface area contributed by atoms with Crippen LogP contribution in [0.15, 0.2) is 0 Å². The Hall–Kier alpha value is -1.67. The van der Waals surface area contributed by atoms with E-state index in [2.05, 4.69) is 13.8 Å². The van der Waals surface area contributed by atoms with Gasteiger partial charge in [0.05, 0.1) is 6.42 Å². The molecule has 0 saturated carbocycles. The van der Waals surface area contributed by atoms with E-state index in [1.807, 2.05) is 0 Å². The Balaban J connectivity index is 0. The molecule has 0 aromatic carbocycles. The molecule has 0 aliphatic rings. The molecule has 6 N–H and O–H groups in total. The molecule has 0 rings (SSSR count). The number of aliphatic hydroxyl groups excluding tert-OH is 1. The summed E-state index contributed by atoms with van der Waals surface area (Å²) < 4.78 is 0. The first-order chi connectivity index (χ1) is 9.09. The predicted molar refractivity (Wildman–Crippen MR) is 70.1 cm³/mol. The average molecular weight is 293 g/mol. The molecule has 0 radical (unpaired) electrons. The fourth-order valence-corrected chi connectivity index (χ4v) is 1.43. The first-order valence-corrected chi connectivity index (χ1v) is 6.14. The maximum atomic E-state index is 10.3. The smallest absolute Gasteiger partial charge is 0.333 e. The molecule has 0 saturated heterocycles. The fraction of sp³-hybridized carbons (Fsp3) is 0.750. The van der Waals surface area contributed by atoms with Crippen LogP contribution in [0.1, 0.15) is 33.1 Å². The molecule has 20 heavy (non-hydrogen) atoms. The van der Waals surface area contributed by atoms with E-state index in [0.717, 1.165) is 6.42 Å². The van der Waals surface area contributed by atoms with E-state index in [9.17, 15) is 14.4 Å². The molecule has 2 atom stereocenters. The monoisotopic (exact) mass is 293 g/mol.